The predicted octanol–water partition coefficient (Wildman–Crippen LogP) is 2.55. The average molecular weight is 188 g/mol. The average Bonchev–Trinajstić information content (AvgIpc) is 2.28. The van der Waals surface area contributed by atoms with Gasteiger partial charge in [0.05, 0.1) is 0 Å². The first kappa shape index (κ1) is 10.8. The van der Waals surface area contributed by atoms with E-state index >= 15 is 0 Å². The van der Waals surface area contributed by atoms with Gasteiger partial charge in [0.15, 0.2) is 5.60 Å². The van der Waals surface area contributed by atoms with Crippen LogP contribution in [0.4, 0.5) is 0 Å². The molecule has 2 unspecified atom stereocenters. The second-order valence-corrected chi connectivity index (χ2v) is 3.59. The number of hydrogen-bond acceptors (Lipinski definition) is 1. The fraction of sp³-hybridized carbons (Fsp3) is 0.385. The Kier molecular flexibility index (Phi) is 3.33. The van der Waals surface area contributed by atoms with Gasteiger partial charge in [0.25, 0.3) is 0 Å². The molecule has 0 aliphatic rings. The van der Waals surface area contributed by atoms with E-state index in [0.29, 0.717) is 0 Å². The summed E-state index contributed by atoms with van der Waals surface area (Å²) in [5.74, 6) is 2.57. The van der Waals surface area contributed by atoms with Gasteiger partial charge in [0.2, 0.25) is 0 Å². The molecule has 1 nitrogen and oxygen atoms in total. The van der Waals surface area contributed by atoms with Crippen LogP contribution in [0.15, 0.2) is 30.3 Å². The van der Waals surface area contributed by atoms with Crippen LogP contribution >= 0.6 is 0 Å². The Hall–Kier alpha value is -1.26. The van der Waals surface area contributed by atoms with Gasteiger partial charge in [-0.2, -0.15) is 0 Å². The standard InChI is InChI=1S/C13H16O/c1-4-11(3)13(14,5-2)12-9-7-6-8-10-12/h2,6-11,14H,4H2,1,3H3. The van der Waals surface area contributed by atoms with Crippen LogP contribution in [0, 0.1) is 18.3 Å². The lowest BCUT2D eigenvalue weighted by atomic mass is 9.81. The van der Waals surface area contributed by atoms with Gasteiger partial charge in [-0.15, -0.1) is 6.42 Å². The Morgan fingerprint density at radius 1 is 1.43 bits per heavy atom. The third-order valence-electron chi connectivity index (χ3n) is 2.76. The Morgan fingerprint density at radius 3 is 2.43 bits per heavy atom. The molecule has 0 radical (unpaired) electrons. The summed E-state index contributed by atoms with van der Waals surface area (Å²) < 4.78 is 0. The summed E-state index contributed by atoms with van der Waals surface area (Å²) >= 11 is 0. The van der Waals surface area contributed by atoms with E-state index in [2.05, 4.69) is 5.92 Å². The molecule has 2 atom stereocenters. The van der Waals surface area contributed by atoms with E-state index in [1.54, 1.807) is 0 Å². The topological polar surface area (TPSA) is 20.2 Å². The molecule has 14 heavy (non-hydrogen) atoms. The van der Waals surface area contributed by atoms with Crippen LogP contribution in [-0.4, -0.2) is 5.11 Å². The van der Waals surface area contributed by atoms with Crippen molar-refractivity contribution in [2.24, 2.45) is 5.92 Å². The van der Waals surface area contributed by atoms with Gasteiger partial charge in [-0.1, -0.05) is 50.1 Å². The third-order valence-corrected chi connectivity index (χ3v) is 2.76. The summed E-state index contributed by atoms with van der Waals surface area (Å²) in [6.45, 7) is 3.99. The Balaban J connectivity index is 3.10. The normalized spacial score (nSPS) is 16.7. The van der Waals surface area contributed by atoms with Crippen LogP contribution in [-0.2, 0) is 5.60 Å². The van der Waals surface area contributed by atoms with Crippen molar-refractivity contribution in [1.82, 2.24) is 0 Å². The maximum absolute atomic E-state index is 10.3. The second-order valence-electron chi connectivity index (χ2n) is 3.59. The molecule has 0 spiro atoms. The highest BCUT2D eigenvalue weighted by Crippen LogP contribution is 2.30. The molecule has 1 heteroatoms. The number of hydrogen-bond donors (Lipinski definition) is 1. The smallest absolute Gasteiger partial charge is 0.153 e. The van der Waals surface area contributed by atoms with Crippen molar-refractivity contribution in [3.05, 3.63) is 35.9 Å². The molecule has 0 heterocycles. The van der Waals surface area contributed by atoms with Gasteiger partial charge in [0.1, 0.15) is 0 Å². The summed E-state index contributed by atoms with van der Waals surface area (Å²) in [6.07, 6.45) is 6.27. The lowest BCUT2D eigenvalue weighted by Crippen LogP contribution is -2.31. The molecule has 1 aromatic carbocycles. The summed E-state index contributed by atoms with van der Waals surface area (Å²) in [5, 5.41) is 10.3. The molecule has 0 aromatic heterocycles. The van der Waals surface area contributed by atoms with Gasteiger partial charge in [-0.05, 0) is 12.0 Å². The van der Waals surface area contributed by atoms with Crippen molar-refractivity contribution in [1.29, 1.82) is 0 Å². The van der Waals surface area contributed by atoms with Gasteiger partial charge < -0.3 is 5.11 Å². The monoisotopic (exact) mass is 188 g/mol. The summed E-state index contributed by atoms with van der Waals surface area (Å²) in [6, 6.07) is 9.43. The van der Waals surface area contributed by atoms with Crippen molar-refractivity contribution in [3.63, 3.8) is 0 Å². The first-order valence-corrected chi connectivity index (χ1v) is 4.90. The van der Waals surface area contributed by atoms with Crippen LogP contribution < -0.4 is 0 Å². The molecule has 0 aliphatic carbocycles. The van der Waals surface area contributed by atoms with Crippen molar-refractivity contribution < 1.29 is 5.11 Å². The molecule has 0 fully saturated rings. The van der Waals surface area contributed by atoms with Crippen LogP contribution in [0.1, 0.15) is 25.8 Å². The van der Waals surface area contributed by atoms with Crippen LogP contribution in [0.3, 0.4) is 0 Å². The van der Waals surface area contributed by atoms with Crippen LogP contribution in [0.5, 0.6) is 0 Å². The van der Waals surface area contributed by atoms with E-state index in [1.807, 2.05) is 44.2 Å². The van der Waals surface area contributed by atoms with Crippen molar-refractivity contribution >= 4 is 0 Å². The molecule has 74 valence electrons. The number of terminal acetylenes is 1. The molecule has 0 saturated heterocycles. The molecular weight excluding hydrogens is 172 g/mol. The zero-order chi connectivity index (χ0) is 10.6. The second kappa shape index (κ2) is 4.30. The summed E-state index contributed by atoms with van der Waals surface area (Å²) in [4.78, 5) is 0. The lowest BCUT2D eigenvalue weighted by molar-refractivity contribution is 0.0406. The Morgan fingerprint density at radius 2 is 2.00 bits per heavy atom. The van der Waals surface area contributed by atoms with E-state index in [9.17, 15) is 5.11 Å². The minimum atomic E-state index is -1.13. The number of benzene rings is 1. The minimum absolute atomic E-state index is 0.0647. The molecule has 0 amide bonds. The zero-order valence-corrected chi connectivity index (χ0v) is 8.70. The van der Waals surface area contributed by atoms with Gasteiger partial charge in [-0.3, -0.25) is 0 Å². The molecule has 0 aliphatic heterocycles. The number of aliphatic hydroxyl groups is 1. The van der Waals surface area contributed by atoms with Crippen LogP contribution in [0.25, 0.3) is 0 Å². The molecule has 1 aromatic rings. The summed E-state index contributed by atoms with van der Waals surface area (Å²) in [7, 11) is 0. The maximum Gasteiger partial charge on any atom is 0.153 e. The van der Waals surface area contributed by atoms with Crippen molar-refractivity contribution in [2.75, 3.05) is 0 Å². The molecule has 1 N–H and O–H groups in total. The summed E-state index contributed by atoms with van der Waals surface area (Å²) in [5.41, 5.74) is -0.326. The number of rotatable bonds is 3. The Labute approximate surface area is 85.8 Å². The third kappa shape index (κ3) is 1.81. The highest BCUT2D eigenvalue weighted by molar-refractivity contribution is 5.31. The zero-order valence-electron chi connectivity index (χ0n) is 8.70. The first-order chi connectivity index (χ1) is 6.65. The maximum atomic E-state index is 10.3. The first-order valence-electron chi connectivity index (χ1n) is 4.90. The van der Waals surface area contributed by atoms with Crippen molar-refractivity contribution in [3.8, 4) is 12.3 Å². The fourth-order valence-electron chi connectivity index (χ4n) is 1.50. The highest BCUT2D eigenvalue weighted by Gasteiger charge is 2.32. The Bertz CT molecular complexity index is 323. The van der Waals surface area contributed by atoms with E-state index < -0.39 is 5.60 Å². The predicted molar refractivity (Wildman–Crippen MR) is 58.6 cm³/mol. The lowest BCUT2D eigenvalue weighted by Gasteiger charge is -2.28. The highest BCUT2D eigenvalue weighted by atomic mass is 16.3. The van der Waals surface area contributed by atoms with Crippen molar-refractivity contribution in [2.45, 2.75) is 25.9 Å². The van der Waals surface area contributed by atoms with E-state index in [1.165, 1.54) is 0 Å². The van der Waals surface area contributed by atoms with Crippen LogP contribution in [0.2, 0.25) is 0 Å². The quantitative estimate of drug-likeness (QED) is 0.723. The minimum Gasteiger partial charge on any atom is -0.373 e. The molecule has 0 saturated carbocycles. The van der Waals surface area contributed by atoms with Gasteiger partial charge >= 0.3 is 0 Å². The molecular formula is C13H16O. The van der Waals surface area contributed by atoms with E-state index in [0.717, 1.165) is 12.0 Å². The fourth-order valence-corrected chi connectivity index (χ4v) is 1.50. The van der Waals surface area contributed by atoms with E-state index in [4.69, 9.17) is 6.42 Å². The molecule has 1 rings (SSSR count). The van der Waals surface area contributed by atoms with E-state index in [-0.39, 0.29) is 5.92 Å². The largest absolute Gasteiger partial charge is 0.373 e. The van der Waals surface area contributed by atoms with Gasteiger partial charge in [0, 0.05) is 5.92 Å². The van der Waals surface area contributed by atoms with Gasteiger partial charge in [-0.25, -0.2) is 0 Å². The SMILES string of the molecule is C#CC(O)(c1ccccc1)C(C)CC. The molecule has 0 bridgehead atoms.